The van der Waals surface area contributed by atoms with Crippen LogP contribution in [0.1, 0.15) is 49.7 Å². The molecule has 0 saturated heterocycles. The lowest BCUT2D eigenvalue weighted by atomic mass is 9.89. The Kier molecular flexibility index (Phi) is 5.13. The molecule has 5 heteroatoms. The zero-order chi connectivity index (χ0) is 12.8. The molecule has 1 aromatic heterocycles. The summed E-state index contributed by atoms with van der Waals surface area (Å²) in [5.41, 5.74) is 0. The zero-order valence-electron chi connectivity index (χ0n) is 11.3. The van der Waals surface area contributed by atoms with Gasteiger partial charge in [0.05, 0.1) is 6.61 Å². The summed E-state index contributed by atoms with van der Waals surface area (Å²) >= 11 is 0. The van der Waals surface area contributed by atoms with Crippen LogP contribution in [0, 0.1) is 0 Å². The minimum Gasteiger partial charge on any atom is -0.383 e. The van der Waals surface area contributed by atoms with Crippen molar-refractivity contribution >= 4 is 0 Å². The quantitative estimate of drug-likeness (QED) is 0.839. The van der Waals surface area contributed by atoms with Gasteiger partial charge in [0.1, 0.15) is 0 Å². The van der Waals surface area contributed by atoms with Gasteiger partial charge in [-0.2, -0.15) is 4.98 Å². The van der Waals surface area contributed by atoms with Gasteiger partial charge in [-0.1, -0.05) is 24.4 Å². The third-order valence-corrected chi connectivity index (χ3v) is 3.65. The van der Waals surface area contributed by atoms with Crippen LogP contribution in [-0.4, -0.2) is 36.9 Å². The summed E-state index contributed by atoms with van der Waals surface area (Å²) in [4.78, 5) is 4.53. The molecule has 1 aliphatic carbocycles. The average Bonchev–Trinajstić information content (AvgIpc) is 2.88. The highest BCUT2D eigenvalue weighted by molar-refractivity contribution is 4.98. The SMILES string of the molecule is CNC(COC)Cc1nc(C2CCCCC2)no1. The van der Waals surface area contributed by atoms with Crippen LogP contribution >= 0.6 is 0 Å². The third kappa shape index (κ3) is 3.53. The zero-order valence-corrected chi connectivity index (χ0v) is 11.3. The standard InChI is InChI=1S/C13H23N3O2/c1-14-11(9-17-2)8-12-15-13(16-18-12)10-6-4-3-5-7-10/h10-11,14H,3-9H2,1-2H3. The summed E-state index contributed by atoms with van der Waals surface area (Å²) in [6.45, 7) is 0.650. The predicted molar refractivity (Wildman–Crippen MR) is 68.6 cm³/mol. The molecule has 0 spiro atoms. The summed E-state index contributed by atoms with van der Waals surface area (Å²) in [6, 6.07) is 0.231. The van der Waals surface area contributed by atoms with Crippen LogP contribution in [0.25, 0.3) is 0 Å². The lowest BCUT2D eigenvalue weighted by molar-refractivity contribution is 0.165. The number of likely N-dealkylation sites (N-methyl/N-ethyl adjacent to an activating group) is 1. The van der Waals surface area contributed by atoms with Crippen LogP contribution in [0.2, 0.25) is 0 Å². The number of rotatable bonds is 6. The minimum absolute atomic E-state index is 0.231. The fourth-order valence-corrected chi connectivity index (χ4v) is 2.53. The van der Waals surface area contributed by atoms with Crippen LogP contribution in [0.5, 0.6) is 0 Å². The molecule has 0 aromatic carbocycles. The summed E-state index contributed by atoms with van der Waals surface area (Å²) in [6.07, 6.45) is 7.05. The minimum atomic E-state index is 0.231. The van der Waals surface area contributed by atoms with E-state index in [1.54, 1.807) is 7.11 Å². The van der Waals surface area contributed by atoms with Crippen molar-refractivity contribution < 1.29 is 9.26 Å². The Bertz CT molecular complexity index is 348. The average molecular weight is 253 g/mol. The second-order valence-electron chi connectivity index (χ2n) is 5.03. The first kappa shape index (κ1) is 13.5. The number of nitrogens with zero attached hydrogens (tertiary/aromatic N) is 2. The highest BCUT2D eigenvalue weighted by Crippen LogP contribution is 2.30. The Labute approximate surface area is 108 Å². The van der Waals surface area contributed by atoms with E-state index in [9.17, 15) is 0 Å². The molecule has 1 heterocycles. The maximum atomic E-state index is 5.34. The van der Waals surface area contributed by atoms with Gasteiger partial charge in [-0.05, 0) is 19.9 Å². The molecule has 18 heavy (non-hydrogen) atoms. The van der Waals surface area contributed by atoms with E-state index in [2.05, 4.69) is 15.5 Å². The van der Waals surface area contributed by atoms with Crippen molar-refractivity contribution in [1.82, 2.24) is 15.5 Å². The van der Waals surface area contributed by atoms with E-state index in [4.69, 9.17) is 9.26 Å². The molecule has 0 bridgehead atoms. The van der Waals surface area contributed by atoms with E-state index in [0.29, 0.717) is 18.4 Å². The Morgan fingerprint density at radius 1 is 1.39 bits per heavy atom. The van der Waals surface area contributed by atoms with Gasteiger partial charge in [0, 0.05) is 25.5 Å². The van der Waals surface area contributed by atoms with Crippen LogP contribution in [0.4, 0.5) is 0 Å². The molecule has 1 aromatic rings. The largest absolute Gasteiger partial charge is 0.383 e. The van der Waals surface area contributed by atoms with Gasteiger partial charge >= 0.3 is 0 Å². The number of ether oxygens (including phenoxy) is 1. The van der Waals surface area contributed by atoms with Gasteiger partial charge in [0.15, 0.2) is 5.82 Å². The molecular formula is C13H23N3O2. The van der Waals surface area contributed by atoms with E-state index < -0.39 is 0 Å². The molecule has 1 aliphatic rings. The number of methoxy groups -OCH3 is 1. The monoisotopic (exact) mass is 253 g/mol. The molecule has 1 unspecified atom stereocenters. The van der Waals surface area contributed by atoms with Crippen LogP contribution in [-0.2, 0) is 11.2 Å². The van der Waals surface area contributed by atoms with Crippen molar-refractivity contribution in [3.63, 3.8) is 0 Å². The van der Waals surface area contributed by atoms with Crippen molar-refractivity contribution in [2.75, 3.05) is 20.8 Å². The molecule has 0 amide bonds. The maximum absolute atomic E-state index is 5.34. The predicted octanol–water partition coefficient (Wildman–Crippen LogP) is 1.89. The Morgan fingerprint density at radius 3 is 2.83 bits per heavy atom. The Morgan fingerprint density at radius 2 is 2.17 bits per heavy atom. The number of nitrogens with one attached hydrogen (secondary N) is 1. The Hall–Kier alpha value is -0.940. The smallest absolute Gasteiger partial charge is 0.228 e. The van der Waals surface area contributed by atoms with E-state index in [0.717, 1.165) is 12.2 Å². The van der Waals surface area contributed by atoms with Gasteiger partial charge in [0.25, 0.3) is 0 Å². The molecule has 0 radical (unpaired) electrons. The molecule has 1 N–H and O–H groups in total. The highest BCUT2D eigenvalue weighted by atomic mass is 16.5. The summed E-state index contributed by atoms with van der Waals surface area (Å²) in [5.74, 6) is 2.12. The first-order valence-electron chi connectivity index (χ1n) is 6.82. The van der Waals surface area contributed by atoms with Gasteiger partial charge < -0.3 is 14.6 Å². The fraction of sp³-hybridized carbons (Fsp3) is 0.846. The van der Waals surface area contributed by atoms with Crippen molar-refractivity contribution in [2.45, 2.75) is 50.5 Å². The van der Waals surface area contributed by atoms with Crippen molar-refractivity contribution in [3.05, 3.63) is 11.7 Å². The van der Waals surface area contributed by atoms with Gasteiger partial charge in [-0.15, -0.1) is 0 Å². The van der Waals surface area contributed by atoms with Crippen molar-refractivity contribution in [2.24, 2.45) is 0 Å². The normalized spacial score (nSPS) is 19.0. The van der Waals surface area contributed by atoms with E-state index in [1.165, 1.54) is 32.1 Å². The Balaban J connectivity index is 1.92. The van der Waals surface area contributed by atoms with Crippen LogP contribution in [0.3, 0.4) is 0 Å². The number of hydrogen-bond acceptors (Lipinski definition) is 5. The lowest BCUT2D eigenvalue weighted by Gasteiger charge is -2.17. The lowest BCUT2D eigenvalue weighted by Crippen LogP contribution is -2.32. The van der Waals surface area contributed by atoms with E-state index >= 15 is 0 Å². The van der Waals surface area contributed by atoms with Crippen molar-refractivity contribution in [3.8, 4) is 0 Å². The van der Waals surface area contributed by atoms with Crippen LogP contribution in [0.15, 0.2) is 4.52 Å². The molecular weight excluding hydrogens is 230 g/mol. The number of aromatic nitrogens is 2. The molecule has 102 valence electrons. The summed E-state index contributed by atoms with van der Waals surface area (Å²) in [7, 11) is 3.62. The fourth-order valence-electron chi connectivity index (χ4n) is 2.53. The number of hydrogen-bond donors (Lipinski definition) is 1. The molecule has 1 fully saturated rings. The second kappa shape index (κ2) is 6.85. The van der Waals surface area contributed by atoms with Gasteiger partial charge in [-0.3, -0.25) is 0 Å². The molecule has 0 aliphatic heterocycles. The van der Waals surface area contributed by atoms with Gasteiger partial charge in [0.2, 0.25) is 5.89 Å². The molecule has 2 rings (SSSR count). The third-order valence-electron chi connectivity index (χ3n) is 3.65. The maximum Gasteiger partial charge on any atom is 0.228 e. The molecule has 1 saturated carbocycles. The molecule has 1 atom stereocenters. The first-order chi connectivity index (χ1) is 8.83. The van der Waals surface area contributed by atoms with E-state index in [-0.39, 0.29) is 6.04 Å². The first-order valence-corrected chi connectivity index (χ1v) is 6.82. The van der Waals surface area contributed by atoms with E-state index in [1.807, 2.05) is 7.05 Å². The highest BCUT2D eigenvalue weighted by Gasteiger charge is 2.21. The molecule has 5 nitrogen and oxygen atoms in total. The topological polar surface area (TPSA) is 60.2 Å². The van der Waals surface area contributed by atoms with Crippen LogP contribution < -0.4 is 5.32 Å². The summed E-state index contributed by atoms with van der Waals surface area (Å²) in [5, 5.41) is 7.32. The van der Waals surface area contributed by atoms with Crippen molar-refractivity contribution in [1.29, 1.82) is 0 Å². The van der Waals surface area contributed by atoms with Gasteiger partial charge in [-0.25, -0.2) is 0 Å². The summed E-state index contributed by atoms with van der Waals surface area (Å²) < 4.78 is 10.5. The second-order valence-corrected chi connectivity index (χ2v) is 5.03.